The smallest absolute Gasteiger partial charge is 0.402 e. The molecule has 2 saturated heterocycles. The number of ether oxygens (including phenoxy) is 5. The van der Waals surface area contributed by atoms with E-state index < -0.39 is 167 Å². The number of fused-ring (bicyclic) bond motifs is 2. The SMILES string of the molecule is OCC1OC(Oc2cc3c(OC4OC(CO)C(O)C(O)C4O)cc(O)c(C4c5c(O)cc(O)cc5OC(c5cc(O)c(O)c(O)c5)C4O)c3[o+]c2-c2ccc(O)c(O)c2)C(O)C(O)C1O. The predicted octanol–water partition coefficient (Wildman–Crippen LogP) is -0.990. The Morgan fingerprint density at radius 1 is 0.523 bits per heavy atom. The Morgan fingerprint density at radius 3 is 1.66 bits per heavy atom. The topological polar surface area (TPSA) is 401 Å². The molecule has 0 spiro atoms. The van der Waals surface area contributed by atoms with Crippen molar-refractivity contribution >= 4 is 11.0 Å². The molecule has 0 bridgehead atoms. The summed E-state index contributed by atoms with van der Waals surface area (Å²) in [4.78, 5) is 0. The molecule has 0 aliphatic carbocycles. The molecule has 1 aromatic heterocycles. The van der Waals surface area contributed by atoms with Gasteiger partial charge in [0.05, 0.1) is 24.7 Å². The number of benzene rings is 4. The highest BCUT2D eigenvalue weighted by atomic mass is 16.7. The lowest BCUT2D eigenvalue weighted by Gasteiger charge is -2.40. The fourth-order valence-corrected chi connectivity index (χ4v) is 8.11. The lowest BCUT2D eigenvalue weighted by Crippen LogP contribution is -2.60. The summed E-state index contributed by atoms with van der Waals surface area (Å²) in [6.45, 7) is -1.74. The van der Waals surface area contributed by atoms with Crippen molar-refractivity contribution in [1.29, 1.82) is 0 Å². The van der Waals surface area contributed by atoms with Crippen LogP contribution in [-0.4, -0.2) is 168 Å². The van der Waals surface area contributed by atoms with Gasteiger partial charge in [-0.05, 0) is 24.3 Å². The van der Waals surface area contributed by atoms with E-state index in [4.69, 9.17) is 28.1 Å². The maximum atomic E-state index is 12.3. The van der Waals surface area contributed by atoms with E-state index in [1.54, 1.807) is 0 Å². The van der Waals surface area contributed by atoms with Crippen molar-refractivity contribution in [3.05, 3.63) is 71.3 Å². The van der Waals surface area contributed by atoms with Crippen LogP contribution in [0.4, 0.5) is 0 Å². The fourth-order valence-electron chi connectivity index (χ4n) is 8.11. The Morgan fingerprint density at radius 2 is 1.09 bits per heavy atom. The van der Waals surface area contributed by atoms with Crippen LogP contribution in [0.25, 0.3) is 22.3 Å². The molecule has 0 amide bonds. The summed E-state index contributed by atoms with van der Waals surface area (Å²) in [6.07, 6.45) is -22.1. The van der Waals surface area contributed by atoms with Crippen molar-refractivity contribution < 1.29 is 115 Å². The first kappa shape index (κ1) is 45.2. The third-order valence-electron chi connectivity index (χ3n) is 11.5. The molecular formula is C42H43O23+. The van der Waals surface area contributed by atoms with Gasteiger partial charge < -0.3 is 110 Å². The number of rotatable bonds is 9. The molecule has 23 nitrogen and oxygen atoms in total. The highest BCUT2D eigenvalue weighted by Crippen LogP contribution is 2.56. The van der Waals surface area contributed by atoms with E-state index in [2.05, 4.69) is 0 Å². The molecule has 3 aliphatic heterocycles. The van der Waals surface area contributed by atoms with E-state index in [9.17, 15) is 86.8 Å². The summed E-state index contributed by atoms with van der Waals surface area (Å²) in [6, 6.07) is 9.01. The Hall–Kier alpha value is -6.35. The van der Waals surface area contributed by atoms with E-state index in [1.165, 1.54) is 6.07 Å². The van der Waals surface area contributed by atoms with Crippen molar-refractivity contribution in [3.63, 3.8) is 0 Å². The molecule has 17 N–H and O–H groups in total. The minimum Gasteiger partial charge on any atom is -0.508 e. The van der Waals surface area contributed by atoms with Crippen LogP contribution in [0.15, 0.2) is 59.0 Å². The van der Waals surface area contributed by atoms with Gasteiger partial charge in [0.1, 0.15) is 94.6 Å². The van der Waals surface area contributed by atoms with Gasteiger partial charge in [-0.1, -0.05) is 0 Å². The Labute approximate surface area is 364 Å². The molecule has 8 rings (SSSR count). The molecular weight excluding hydrogens is 872 g/mol. The molecule has 13 atom stereocenters. The molecule has 4 aromatic carbocycles. The van der Waals surface area contributed by atoms with E-state index in [0.29, 0.717) is 0 Å². The van der Waals surface area contributed by atoms with E-state index >= 15 is 0 Å². The average molecular weight is 916 g/mol. The predicted molar refractivity (Wildman–Crippen MR) is 212 cm³/mol. The summed E-state index contributed by atoms with van der Waals surface area (Å²) < 4.78 is 35.7. The number of phenols is 8. The van der Waals surface area contributed by atoms with Gasteiger partial charge in [-0.15, -0.1) is 0 Å². The van der Waals surface area contributed by atoms with Crippen LogP contribution in [0.3, 0.4) is 0 Å². The second kappa shape index (κ2) is 17.2. The van der Waals surface area contributed by atoms with Crippen molar-refractivity contribution in [2.24, 2.45) is 0 Å². The average Bonchev–Trinajstić information content (AvgIpc) is 3.26. The summed E-state index contributed by atoms with van der Waals surface area (Å²) in [5.74, 6) is -9.48. The summed E-state index contributed by atoms with van der Waals surface area (Å²) >= 11 is 0. The normalized spacial score (nSPS) is 30.1. The second-order valence-electron chi connectivity index (χ2n) is 15.6. The van der Waals surface area contributed by atoms with Crippen molar-refractivity contribution in [2.45, 2.75) is 79.5 Å². The van der Waals surface area contributed by atoms with Gasteiger partial charge in [-0.3, -0.25) is 0 Å². The van der Waals surface area contributed by atoms with Gasteiger partial charge in [0.2, 0.25) is 18.3 Å². The van der Waals surface area contributed by atoms with Crippen molar-refractivity contribution in [3.8, 4) is 74.6 Å². The minimum atomic E-state index is -2.03. The number of hydrogen-bond acceptors (Lipinski definition) is 22. The maximum Gasteiger partial charge on any atom is 0.402 e. The zero-order chi connectivity index (χ0) is 46.9. The van der Waals surface area contributed by atoms with Crippen LogP contribution in [0.1, 0.15) is 28.7 Å². The lowest BCUT2D eigenvalue weighted by atomic mass is 9.78. The molecule has 0 radical (unpaired) electrons. The third kappa shape index (κ3) is 7.87. The molecule has 23 heteroatoms. The number of aromatic hydroxyl groups is 8. The molecule has 4 heterocycles. The van der Waals surface area contributed by atoms with Crippen LogP contribution in [0.5, 0.6) is 63.2 Å². The highest BCUT2D eigenvalue weighted by Gasteiger charge is 2.50. The summed E-state index contributed by atoms with van der Waals surface area (Å²) in [5, 5.41) is 181. The van der Waals surface area contributed by atoms with Gasteiger partial charge in [-0.2, -0.15) is 0 Å². The third-order valence-corrected chi connectivity index (χ3v) is 11.5. The number of hydrogen-bond donors (Lipinski definition) is 17. The van der Waals surface area contributed by atoms with Gasteiger partial charge in [0.15, 0.2) is 34.9 Å². The Balaban J connectivity index is 1.41. The summed E-state index contributed by atoms with van der Waals surface area (Å²) in [5.41, 5.74) is -1.53. The zero-order valence-corrected chi connectivity index (χ0v) is 33.2. The minimum absolute atomic E-state index is 0.124. The van der Waals surface area contributed by atoms with E-state index in [0.717, 1.165) is 48.5 Å². The van der Waals surface area contributed by atoms with Crippen LogP contribution in [-0.2, 0) is 9.47 Å². The largest absolute Gasteiger partial charge is 0.508 e. The van der Waals surface area contributed by atoms with Crippen LogP contribution in [0.2, 0.25) is 0 Å². The van der Waals surface area contributed by atoms with Crippen LogP contribution in [0, 0.1) is 0 Å². The first-order chi connectivity index (χ1) is 30.8. The number of aliphatic hydroxyl groups is 9. The highest BCUT2D eigenvalue weighted by molar-refractivity contribution is 5.93. The second-order valence-corrected chi connectivity index (χ2v) is 15.6. The van der Waals surface area contributed by atoms with Gasteiger partial charge in [0, 0.05) is 41.5 Å². The molecule has 2 fully saturated rings. The molecule has 5 aromatic rings. The van der Waals surface area contributed by atoms with E-state index in [-0.39, 0.29) is 27.8 Å². The van der Waals surface area contributed by atoms with Crippen molar-refractivity contribution in [1.82, 2.24) is 0 Å². The number of phenolic OH excluding ortho intramolecular Hbond substituents is 8. The lowest BCUT2D eigenvalue weighted by molar-refractivity contribution is -0.277. The van der Waals surface area contributed by atoms with Crippen LogP contribution >= 0.6 is 0 Å². The number of aliphatic hydroxyl groups excluding tert-OH is 9. The Bertz CT molecular complexity index is 2580. The summed E-state index contributed by atoms with van der Waals surface area (Å²) in [7, 11) is 0. The molecule has 0 saturated carbocycles. The van der Waals surface area contributed by atoms with Gasteiger partial charge in [-0.25, -0.2) is 4.42 Å². The standard InChI is InChI=1S/C42H42O23/c43-10-25-31(53)34(56)36(58)41(63-25)61-22-9-19(49)28(29-27-18(48)6-14(45)7-23(27)60-39(33(29)55)13-4-20(50)30(52)21(51)5-13)40-15(22)8-24(38(65-40)12-1-2-16(46)17(47)3-12)62-42-37(59)35(57)32(54)26(11-44)64-42/h1-9,25-26,29,31-37,39,41-44,53-59H,10-11H2,(H7-,45,46,47,48,49,50,51,52)/p+1. The maximum absolute atomic E-state index is 12.3. The van der Waals surface area contributed by atoms with Crippen LogP contribution < -0.4 is 14.2 Å². The monoisotopic (exact) mass is 915 g/mol. The first-order valence-corrected chi connectivity index (χ1v) is 19.6. The Kier molecular flexibility index (Phi) is 12.0. The quantitative estimate of drug-likeness (QED) is 0.0623. The molecule has 13 unspecified atom stereocenters. The molecule has 65 heavy (non-hydrogen) atoms. The first-order valence-electron chi connectivity index (χ1n) is 19.6. The fraction of sp³-hybridized carbons (Fsp3) is 0.357. The van der Waals surface area contributed by atoms with E-state index in [1.807, 2.05) is 0 Å². The van der Waals surface area contributed by atoms with Crippen molar-refractivity contribution in [2.75, 3.05) is 13.2 Å². The zero-order valence-electron chi connectivity index (χ0n) is 33.2. The molecule has 348 valence electrons. The van der Waals surface area contributed by atoms with Gasteiger partial charge in [0.25, 0.3) is 0 Å². The van der Waals surface area contributed by atoms with Gasteiger partial charge >= 0.3 is 11.3 Å². The molecule has 3 aliphatic rings.